The predicted octanol–water partition coefficient (Wildman–Crippen LogP) is -1.17. The summed E-state index contributed by atoms with van der Waals surface area (Å²) < 4.78 is 31.4. The first-order chi connectivity index (χ1) is 14.2. The molecule has 0 unspecified atom stereocenters. The van der Waals surface area contributed by atoms with Crippen molar-refractivity contribution in [3.63, 3.8) is 0 Å². The third-order valence-corrected chi connectivity index (χ3v) is 5.41. The average molecular weight is 482 g/mol. The van der Waals surface area contributed by atoms with Crippen molar-refractivity contribution in [3.8, 4) is 0 Å². The molecule has 31 heavy (non-hydrogen) atoms. The van der Waals surface area contributed by atoms with Crippen molar-refractivity contribution in [2.75, 3.05) is 12.3 Å². The molecule has 1 aromatic heterocycles. The normalized spacial score (nSPS) is 19.1. The molecule has 1 aliphatic rings. The van der Waals surface area contributed by atoms with Crippen molar-refractivity contribution in [1.82, 2.24) is 14.6 Å². The van der Waals surface area contributed by atoms with Crippen LogP contribution in [0, 0.1) is 0 Å². The highest BCUT2D eigenvalue weighted by atomic mass is 32.2. The number of thiazole rings is 1. The van der Waals surface area contributed by atoms with Crippen LogP contribution in [0.25, 0.3) is 0 Å². The maximum atomic E-state index is 12.6. The van der Waals surface area contributed by atoms with Gasteiger partial charge in [0.15, 0.2) is 10.8 Å². The number of rotatable bonds is 7. The van der Waals surface area contributed by atoms with Crippen LogP contribution in [-0.2, 0) is 29.5 Å². The summed E-state index contributed by atoms with van der Waals surface area (Å²) in [6.45, 7) is 5.62. The van der Waals surface area contributed by atoms with Gasteiger partial charge in [0.2, 0.25) is 5.60 Å². The highest BCUT2D eigenvalue weighted by Crippen LogP contribution is 2.23. The van der Waals surface area contributed by atoms with Gasteiger partial charge in [-0.05, 0) is 27.7 Å². The van der Waals surface area contributed by atoms with Crippen molar-refractivity contribution < 1.29 is 42.4 Å². The molecule has 1 aliphatic heterocycles. The summed E-state index contributed by atoms with van der Waals surface area (Å²) in [6.07, 6.45) is 0. The fourth-order valence-corrected chi connectivity index (χ4v) is 3.54. The van der Waals surface area contributed by atoms with Crippen LogP contribution in [0.2, 0.25) is 0 Å². The Balaban J connectivity index is 0.00000151. The standard InChI is InChI=1S/C13H17N5O8S2.C2H6O/c1-5-7(10(20)18(5)28(23,24)25)16-9(19)8(6-4-27-12(14)15-6)17-26-13(2,3)11(21)22;1-2-3/h4-5,7H,1-3H3,(H2,14,15)(H,16,19)(H,21,22)(H,23,24,25);3H,2H2,1H3/t5-,7-;/m0./s1. The number of carbonyl (C=O) groups is 3. The second kappa shape index (κ2) is 9.99. The van der Waals surface area contributed by atoms with E-state index < -0.39 is 51.5 Å². The number of hydrogen-bond acceptors (Lipinski definition) is 11. The van der Waals surface area contributed by atoms with Gasteiger partial charge in [-0.15, -0.1) is 11.3 Å². The lowest BCUT2D eigenvalue weighted by atomic mass is 10.0. The summed E-state index contributed by atoms with van der Waals surface area (Å²) in [6, 6.07) is -2.31. The van der Waals surface area contributed by atoms with Crippen molar-refractivity contribution in [3.05, 3.63) is 11.1 Å². The Kier molecular flexibility index (Phi) is 8.45. The largest absolute Gasteiger partial charge is 0.478 e. The lowest BCUT2D eigenvalue weighted by Crippen LogP contribution is -2.71. The summed E-state index contributed by atoms with van der Waals surface area (Å²) in [5, 5.41) is 23.9. The lowest BCUT2D eigenvalue weighted by molar-refractivity contribution is -0.161. The number of nitrogen functional groups attached to an aromatic ring is 1. The first-order valence-corrected chi connectivity index (χ1v) is 10.9. The molecule has 2 atom stereocenters. The van der Waals surface area contributed by atoms with Gasteiger partial charge in [-0.3, -0.25) is 14.1 Å². The number of aliphatic hydroxyl groups excluding tert-OH is 1. The van der Waals surface area contributed by atoms with Crippen LogP contribution in [0.5, 0.6) is 0 Å². The molecule has 174 valence electrons. The third kappa shape index (κ3) is 6.33. The Bertz CT molecular complexity index is 973. The van der Waals surface area contributed by atoms with Gasteiger partial charge in [0.05, 0.1) is 6.04 Å². The molecule has 14 nitrogen and oxygen atoms in total. The van der Waals surface area contributed by atoms with Crippen molar-refractivity contribution >= 4 is 50.3 Å². The number of carboxylic acids is 1. The van der Waals surface area contributed by atoms with Gasteiger partial charge in [-0.2, -0.15) is 8.42 Å². The quantitative estimate of drug-likeness (QED) is 0.135. The second-order valence-electron chi connectivity index (χ2n) is 6.54. The Hall–Kier alpha value is -2.82. The molecule has 0 aromatic carbocycles. The molecule has 0 bridgehead atoms. The lowest BCUT2D eigenvalue weighted by Gasteiger charge is -2.42. The van der Waals surface area contributed by atoms with Crippen molar-refractivity contribution in [2.24, 2.45) is 5.16 Å². The van der Waals surface area contributed by atoms with Crippen LogP contribution in [0.4, 0.5) is 5.13 Å². The van der Waals surface area contributed by atoms with Gasteiger partial charge in [-0.1, -0.05) is 5.16 Å². The summed E-state index contributed by atoms with van der Waals surface area (Å²) in [4.78, 5) is 44.4. The molecule has 0 radical (unpaired) electrons. The van der Waals surface area contributed by atoms with Gasteiger partial charge >= 0.3 is 16.3 Å². The van der Waals surface area contributed by atoms with E-state index in [9.17, 15) is 22.8 Å². The smallest absolute Gasteiger partial charge is 0.362 e. The molecular weight excluding hydrogens is 458 g/mol. The first kappa shape index (κ1) is 26.2. The molecule has 2 rings (SSSR count). The summed E-state index contributed by atoms with van der Waals surface area (Å²) in [5.74, 6) is -3.38. The number of carboxylic acid groups (broad SMARTS) is 1. The highest BCUT2D eigenvalue weighted by Gasteiger charge is 2.51. The number of nitrogens with one attached hydrogen (secondary N) is 1. The molecule has 6 N–H and O–H groups in total. The number of oxime groups is 1. The summed E-state index contributed by atoms with van der Waals surface area (Å²) in [7, 11) is -4.76. The number of carbonyl (C=O) groups excluding carboxylic acids is 2. The van der Waals surface area contributed by atoms with Gasteiger partial charge in [0, 0.05) is 12.0 Å². The van der Waals surface area contributed by atoms with Crippen LogP contribution >= 0.6 is 11.3 Å². The van der Waals surface area contributed by atoms with E-state index in [0.29, 0.717) is 0 Å². The number of β-lactam (4-membered cyclic amide) rings is 1. The zero-order chi connectivity index (χ0) is 24.1. The van der Waals surface area contributed by atoms with Crippen LogP contribution < -0.4 is 11.1 Å². The topological polar surface area (TPSA) is 222 Å². The van der Waals surface area contributed by atoms with E-state index in [-0.39, 0.29) is 21.7 Å². The number of aliphatic hydroxyl groups is 1. The van der Waals surface area contributed by atoms with Crippen LogP contribution in [-0.4, -0.2) is 80.3 Å². The zero-order valence-electron chi connectivity index (χ0n) is 17.0. The van der Waals surface area contributed by atoms with Crippen LogP contribution in [0.3, 0.4) is 0 Å². The fraction of sp³-hybridized carbons (Fsp3) is 0.533. The zero-order valence-corrected chi connectivity index (χ0v) is 18.6. The minimum Gasteiger partial charge on any atom is -0.478 e. The van der Waals surface area contributed by atoms with Crippen molar-refractivity contribution in [1.29, 1.82) is 0 Å². The maximum Gasteiger partial charge on any atom is 0.362 e. The monoisotopic (exact) mass is 481 g/mol. The van der Waals surface area contributed by atoms with Gasteiger partial charge in [0.1, 0.15) is 11.7 Å². The average Bonchev–Trinajstić information content (AvgIpc) is 3.05. The van der Waals surface area contributed by atoms with Crippen LogP contribution in [0.1, 0.15) is 33.4 Å². The molecule has 1 saturated heterocycles. The number of nitrogens with two attached hydrogens (primary N) is 1. The molecule has 0 spiro atoms. The molecule has 16 heteroatoms. The van der Waals surface area contributed by atoms with E-state index in [1.165, 1.54) is 26.2 Å². The molecule has 2 heterocycles. The number of hydrogen-bond donors (Lipinski definition) is 5. The van der Waals surface area contributed by atoms with Gasteiger partial charge < -0.3 is 26.1 Å². The SMILES string of the molecule is CCO.C[C@H]1[C@H](NC(=O)C(=NOC(C)(C)C(=O)O)c2csc(N)n2)C(=O)N1S(=O)(=O)O. The molecule has 1 aromatic rings. The summed E-state index contributed by atoms with van der Waals surface area (Å²) >= 11 is 0.980. The number of aromatic nitrogens is 1. The molecule has 1 fully saturated rings. The van der Waals surface area contributed by atoms with Crippen molar-refractivity contribution in [2.45, 2.75) is 45.4 Å². The number of aliphatic carboxylic acids is 1. The number of anilines is 1. The predicted molar refractivity (Wildman–Crippen MR) is 108 cm³/mol. The van der Waals surface area contributed by atoms with E-state index in [2.05, 4.69) is 15.5 Å². The molecule has 2 amide bonds. The number of amides is 2. The van der Waals surface area contributed by atoms with E-state index in [1.54, 1.807) is 6.92 Å². The van der Waals surface area contributed by atoms with Gasteiger partial charge in [0.25, 0.3) is 11.8 Å². The summed E-state index contributed by atoms with van der Waals surface area (Å²) in [5.41, 5.74) is 3.26. The Morgan fingerprint density at radius 1 is 1.45 bits per heavy atom. The van der Waals surface area contributed by atoms with Crippen LogP contribution in [0.15, 0.2) is 10.5 Å². The molecular formula is C15H23N5O9S2. The van der Waals surface area contributed by atoms with E-state index in [1.807, 2.05) is 0 Å². The minimum absolute atomic E-state index is 0.0350. The Morgan fingerprint density at radius 3 is 2.39 bits per heavy atom. The molecule has 0 saturated carbocycles. The van der Waals surface area contributed by atoms with E-state index in [0.717, 1.165) is 11.3 Å². The maximum absolute atomic E-state index is 12.6. The Morgan fingerprint density at radius 2 is 2.00 bits per heavy atom. The van der Waals surface area contributed by atoms with E-state index in [4.69, 9.17) is 25.3 Å². The van der Waals surface area contributed by atoms with E-state index >= 15 is 0 Å². The Labute approximate surface area is 181 Å². The minimum atomic E-state index is -4.76. The fourth-order valence-electron chi connectivity index (χ4n) is 2.11. The second-order valence-corrected chi connectivity index (χ2v) is 8.72. The third-order valence-electron chi connectivity index (χ3n) is 3.73. The van der Waals surface area contributed by atoms with Gasteiger partial charge in [-0.25, -0.2) is 14.1 Å². The molecule has 0 aliphatic carbocycles. The highest BCUT2D eigenvalue weighted by molar-refractivity contribution is 7.84. The number of nitrogens with zero attached hydrogens (tertiary/aromatic N) is 3. The first-order valence-electron chi connectivity index (χ1n) is 8.60.